The lowest BCUT2D eigenvalue weighted by Gasteiger charge is -2.44. The van der Waals surface area contributed by atoms with E-state index in [0.717, 1.165) is 50.3 Å². The molecule has 1 amide bonds. The van der Waals surface area contributed by atoms with Crippen molar-refractivity contribution in [2.45, 2.75) is 56.1 Å². The number of nitrogens with two attached hydrogens (primary N) is 1. The summed E-state index contributed by atoms with van der Waals surface area (Å²) in [6.07, 6.45) is 6.21. The van der Waals surface area contributed by atoms with Gasteiger partial charge in [-0.2, -0.15) is 0 Å². The predicted octanol–water partition coefficient (Wildman–Crippen LogP) is -0.0306. The third kappa shape index (κ3) is 3.07. The summed E-state index contributed by atoms with van der Waals surface area (Å²) in [6.45, 7) is 1.80. The normalized spacial score (nSPS) is 36.9. The standard InChI is InChI=1S/C14H25N3O2S/c15-13(18)14(16-11-3-4-11)5-1-2-12(10-14)17-6-8-20(19)9-7-17/h11-12,16H,1-10H2,(H2,15,18). The number of nitrogens with zero attached hydrogens (tertiary/aromatic N) is 1. The van der Waals surface area contributed by atoms with Crippen LogP contribution in [0.2, 0.25) is 0 Å². The van der Waals surface area contributed by atoms with E-state index >= 15 is 0 Å². The van der Waals surface area contributed by atoms with Gasteiger partial charge in [-0.25, -0.2) is 0 Å². The van der Waals surface area contributed by atoms with Crippen LogP contribution in [-0.4, -0.2) is 57.2 Å². The number of rotatable bonds is 4. The Morgan fingerprint density at radius 3 is 2.55 bits per heavy atom. The van der Waals surface area contributed by atoms with Gasteiger partial charge in [0.1, 0.15) is 0 Å². The highest BCUT2D eigenvalue weighted by molar-refractivity contribution is 7.85. The van der Waals surface area contributed by atoms with Crippen LogP contribution in [0.3, 0.4) is 0 Å². The topological polar surface area (TPSA) is 75.4 Å². The molecule has 3 aliphatic rings. The molecule has 1 aliphatic heterocycles. The lowest BCUT2D eigenvalue weighted by molar-refractivity contribution is -0.126. The number of carbonyl (C=O) groups excluding carboxylic acids is 1. The van der Waals surface area contributed by atoms with E-state index in [9.17, 15) is 9.00 Å². The summed E-state index contributed by atoms with van der Waals surface area (Å²) in [7, 11) is -0.641. The first kappa shape index (κ1) is 14.5. The number of primary amides is 1. The number of amides is 1. The highest BCUT2D eigenvalue weighted by Crippen LogP contribution is 2.35. The van der Waals surface area contributed by atoms with Crippen molar-refractivity contribution < 1.29 is 9.00 Å². The molecule has 2 aliphatic carbocycles. The van der Waals surface area contributed by atoms with Crippen LogP contribution in [0.1, 0.15) is 38.5 Å². The van der Waals surface area contributed by atoms with Crippen LogP contribution in [0, 0.1) is 0 Å². The van der Waals surface area contributed by atoms with E-state index in [-0.39, 0.29) is 5.91 Å². The Kier molecular flexibility index (Phi) is 4.15. The van der Waals surface area contributed by atoms with Crippen molar-refractivity contribution in [3.8, 4) is 0 Å². The van der Waals surface area contributed by atoms with Gasteiger partial charge >= 0.3 is 0 Å². The zero-order valence-corrected chi connectivity index (χ0v) is 12.8. The van der Waals surface area contributed by atoms with Crippen molar-refractivity contribution in [1.29, 1.82) is 0 Å². The quantitative estimate of drug-likeness (QED) is 0.764. The van der Waals surface area contributed by atoms with Crippen LogP contribution in [-0.2, 0) is 15.6 Å². The lowest BCUT2D eigenvalue weighted by Crippen LogP contribution is -2.62. The SMILES string of the molecule is NC(=O)C1(NC2CC2)CCCC(N2CCS(=O)CC2)C1. The lowest BCUT2D eigenvalue weighted by atomic mass is 9.77. The van der Waals surface area contributed by atoms with Gasteiger partial charge in [0.15, 0.2) is 0 Å². The first-order valence-corrected chi connectivity index (χ1v) is 9.24. The summed E-state index contributed by atoms with van der Waals surface area (Å²) >= 11 is 0. The summed E-state index contributed by atoms with van der Waals surface area (Å²) in [5.41, 5.74) is 5.22. The fraction of sp³-hybridized carbons (Fsp3) is 0.929. The van der Waals surface area contributed by atoms with E-state index in [1.165, 1.54) is 12.8 Å². The average Bonchev–Trinajstić information content (AvgIpc) is 3.23. The fourth-order valence-electron chi connectivity index (χ4n) is 3.62. The largest absolute Gasteiger partial charge is 0.368 e. The predicted molar refractivity (Wildman–Crippen MR) is 79.8 cm³/mol. The van der Waals surface area contributed by atoms with Crippen molar-refractivity contribution in [2.75, 3.05) is 24.6 Å². The molecule has 1 heterocycles. The van der Waals surface area contributed by atoms with E-state index in [1.54, 1.807) is 0 Å². The molecule has 0 aromatic heterocycles. The molecule has 3 rings (SSSR count). The number of nitrogens with one attached hydrogen (secondary N) is 1. The minimum atomic E-state index is -0.641. The molecule has 2 saturated carbocycles. The zero-order chi connectivity index (χ0) is 14.2. The van der Waals surface area contributed by atoms with Gasteiger partial charge in [-0.15, -0.1) is 0 Å². The van der Waals surface area contributed by atoms with Crippen molar-refractivity contribution in [3.05, 3.63) is 0 Å². The number of carbonyl (C=O) groups is 1. The second-order valence-corrected chi connectivity index (χ2v) is 8.20. The molecule has 0 bridgehead atoms. The Labute approximate surface area is 123 Å². The molecule has 0 radical (unpaired) electrons. The van der Waals surface area contributed by atoms with Crippen LogP contribution in [0.15, 0.2) is 0 Å². The molecule has 2 atom stereocenters. The zero-order valence-electron chi connectivity index (χ0n) is 12.0. The molecule has 5 nitrogen and oxygen atoms in total. The molecule has 20 heavy (non-hydrogen) atoms. The Bertz CT molecular complexity index is 403. The molecule has 3 N–H and O–H groups in total. The molecular weight excluding hydrogens is 274 g/mol. The summed E-state index contributed by atoms with van der Waals surface area (Å²) in [5.74, 6) is 1.36. The first-order chi connectivity index (χ1) is 9.59. The minimum Gasteiger partial charge on any atom is -0.368 e. The Hall–Kier alpha value is -0.460. The van der Waals surface area contributed by atoms with Gasteiger partial charge in [0.05, 0.1) is 5.54 Å². The number of hydrogen-bond acceptors (Lipinski definition) is 4. The highest BCUT2D eigenvalue weighted by Gasteiger charge is 2.45. The maximum absolute atomic E-state index is 12.0. The monoisotopic (exact) mass is 299 g/mol. The summed E-state index contributed by atoms with van der Waals surface area (Å²) in [4.78, 5) is 14.4. The van der Waals surface area contributed by atoms with Crippen molar-refractivity contribution in [3.63, 3.8) is 0 Å². The summed E-state index contributed by atoms with van der Waals surface area (Å²) in [6, 6.07) is 0.912. The van der Waals surface area contributed by atoms with Crippen LogP contribution >= 0.6 is 0 Å². The van der Waals surface area contributed by atoms with Gasteiger partial charge in [0, 0.05) is 47.5 Å². The third-order valence-corrected chi connectivity index (χ3v) is 6.26. The average molecular weight is 299 g/mol. The Morgan fingerprint density at radius 2 is 1.95 bits per heavy atom. The van der Waals surface area contributed by atoms with Crippen LogP contribution in [0.25, 0.3) is 0 Å². The Balaban J connectivity index is 1.67. The molecule has 6 heteroatoms. The Morgan fingerprint density at radius 1 is 1.25 bits per heavy atom. The number of hydrogen-bond donors (Lipinski definition) is 2. The smallest absolute Gasteiger partial charge is 0.237 e. The van der Waals surface area contributed by atoms with Crippen molar-refractivity contribution >= 4 is 16.7 Å². The van der Waals surface area contributed by atoms with Gasteiger partial charge in [-0.1, -0.05) is 0 Å². The van der Waals surface area contributed by atoms with Crippen LogP contribution in [0.5, 0.6) is 0 Å². The molecular formula is C14H25N3O2S. The summed E-state index contributed by atoms with van der Waals surface area (Å²) < 4.78 is 11.5. The van der Waals surface area contributed by atoms with Gasteiger partial charge in [0.2, 0.25) is 5.91 Å². The second-order valence-electron chi connectivity index (χ2n) is 6.50. The molecule has 114 valence electrons. The van der Waals surface area contributed by atoms with Crippen molar-refractivity contribution in [2.24, 2.45) is 5.73 Å². The second kappa shape index (κ2) is 5.73. The molecule has 3 fully saturated rings. The molecule has 1 saturated heterocycles. The van der Waals surface area contributed by atoms with Crippen LogP contribution in [0.4, 0.5) is 0 Å². The van der Waals surface area contributed by atoms with E-state index in [4.69, 9.17) is 5.73 Å². The van der Waals surface area contributed by atoms with E-state index < -0.39 is 16.3 Å². The van der Waals surface area contributed by atoms with Gasteiger partial charge in [-0.3, -0.25) is 13.9 Å². The van der Waals surface area contributed by atoms with Crippen LogP contribution < -0.4 is 11.1 Å². The van der Waals surface area contributed by atoms with E-state index in [1.807, 2.05) is 0 Å². The fourth-order valence-corrected chi connectivity index (χ4v) is 4.70. The van der Waals surface area contributed by atoms with Gasteiger partial charge in [-0.05, 0) is 38.5 Å². The molecule has 0 aromatic carbocycles. The van der Waals surface area contributed by atoms with Crippen molar-refractivity contribution in [1.82, 2.24) is 10.2 Å². The first-order valence-electron chi connectivity index (χ1n) is 7.76. The van der Waals surface area contributed by atoms with Gasteiger partial charge in [0.25, 0.3) is 0 Å². The van der Waals surface area contributed by atoms with E-state index in [2.05, 4.69) is 10.2 Å². The van der Waals surface area contributed by atoms with Gasteiger partial charge < -0.3 is 11.1 Å². The van der Waals surface area contributed by atoms with E-state index in [0.29, 0.717) is 12.1 Å². The molecule has 2 unspecified atom stereocenters. The molecule has 0 aromatic rings. The molecule has 0 spiro atoms. The maximum Gasteiger partial charge on any atom is 0.237 e. The minimum absolute atomic E-state index is 0.185. The maximum atomic E-state index is 12.0. The summed E-state index contributed by atoms with van der Waals surface area (Å²) in [5, 5.41) is 3.52. The highest BCUT2D eigenvalue weighted by atomic mass is 32.2. The third-order valence-electron chi connectivity index (χ3n) is 4.98.